The summed E-state index contributed by atoms with van der Waals surface area (Å²) in [5.74, 6) is -1.29. The van der Waals surface area contributed by atoms with E-state index in [-0.39, 0.29) is 12.3 Å². The average molecular weight is 231 g/mol. The second-order valence-corrected chi connectivity index (χ2v) is 3.97. The van der Waals surface area contributed by atoms with Crippen LogP contribution in [0, 0.1) is 6.92 Å². The number of fused-ring (bicyclic) bond motifs is 1. The molecule has 1 aromatic carbocycles. The number of aromatic nitrogens is 2. The Morgan fingerprint density at radius 1 is 1.41 bits per heavy atom. The summed E-state index contributed by atoms with van der Waals surface area (Å²) in [6.07, 6.45) is 1.42. The van der Waals surface area contributed by atoms with E-state index in [0.717, 1.165) is 16.5 Å². The SMILES string of the molecule is CC(=O)n1ncc2cc(CC(=O)[O-])cc(C)c21. The zero-order chi connectivity index (χ0) is 12.6. The minimum atomic E-state index is -1.12. The van der Waals surface area contributed by atoms with Crippen molar-refractivity contribution in [1.29, 1.82) is 0 Å². The summed E-state index contributed by atoms with van der Waals surface area (Å²) in [7, 11) is 0. The van der Waals surface area contributed by atoms with Crippen molar-refractivity contribution in [1.82, 2.24) is 9.78 Å². The van der Waals surface area contributed by atoms with Gasteiger partial charge in [-0.2, -0.15) is 5.10 Å². The molecule has 0 fully saturated rings. The van der Waals surface area contributed by atoms with E-state index in [0.29, 0.717) is 5.56 Å². The molecule has 1 heterocycles. The lowest BCUT2D eigenvalue weighted by Gasteiger charge is -2.06. The van der Waals surface area contributed by atoms with Gasteiger partial charge in [0.25, 0.3) is 0 Å². The van der Waals surface area contributed by atoms with Crippen molar-refractivity contribution in [2.45, 2.75) is 20.3 Å². The van der Waals surface area contributed by atoms with Gasteiger partial charge in [0, 0.05) is 24.7 Å². The molecular weight excluding hydrogens is 220 g/mol. The highest BCUT2D eigenvalue weighted by atomic mass is 16.4. The number of rotatable bonds is 2. The normalized spacial score (nSPS) is 10.7. The van der Waals surface area contributed by atoms with Crippen LogP contribution in [-0.4, -0.2) is 21.7 Å². The second kappa shape index (κ2) is 4.01. The molecule has 0 atom stereocenters. The van der Waals surface area contributed by atoms with Crippen LogP contribution < -0.4 is 5.11 Å². The molecule has 17 heavy (non-hydrogen) atoms. The monoisotopic (exact) mass is 231 g/mol. The Labute approximate surface area is 97.7 Å². The van der Waals surface area contributed by atoms with Crippen molar-refractivity contribution < 1.29 is 14.7 Å². The molecular formula is C12H11N2O3-. The molecule has 0 unspecified atom stereocenters. The Bertz CT molecular complexity index is 613. The Balaban J connectivity index is 2.61. The van der Waals surface area contributed by atoms with E-state index in [1.165, 1.54) is 11.6 Å². The number of carboxylic acid groups (broad SMARTS) is 1. The van der Waals surface area contributed by atoms with Gasteiger partial charge in [-0.3, -0.25) is 4.79 Å². The Morgan fingerprint density at radius 2 is 2.12 bits per heavy atom. The zero-order valence-corrected chi connectivity index (χ0v) is 9.56. The van der Waals surface area contributed by atoms with Crippen molar-refractivity contribution in [3.05, 3.63) is 29.5 Å². The van der Waals surface area contributed by atoms with Gasteiger partial charge in [-0.25, -0.2) is 4.68 Å². The molecule has 0 aliphatic rings. The summed E-state index contributed by atoms with van der Waals surface area (Å²) in [5, 5.41) is 15.3. The van der Waals surface area contributed by atoms with E-state index in [1.54, 1.807) is 18.3 Å². The standard InChI is InChI=1S/C12H12N2O3/c1-7-3-9(5-11(16)17)4-10-6-13-14(8(2)15)12(7)10/h3-4,6H,5H2,1-2H3,(H,16,17)/p-1. The quantitative estimate of drug-likeness (QED) is 0.744. The van der Waals surface area contributed by atoms with Gasteiger partial charge in [0.2, 0.25) is 5.91 Å². The average Bonchev–Trinajstić information content (AvgIpc) is 2.60. The van der Waals surface area contributed by atoms with Gasteiger partial charge in [0.1, 0.15) is 0 Å². The fraction of sp³-hybridized carbons (Fsp3) is 0.250. The highest BCUT2D eigenvalue weighted by Crippen LogP contribution is 2.20. The third-order valence-corrected chi connectivity index (χ3v) is 2.56. The molecule has 0 spiro atoms. The van der Waals surface area contributed by atoms with Crippen LogP contribution in [-0.2, 0) is 11.2 Å². The maximum Gasteiger partial charge on any atom is 0.244 e. The molecule has 5 nitrogen and oxygen atoms in total. The van der Waals surface area contributed by atoms with Crippen LogP contribution in [0.2, 0.25) is 0 Å². The minimum absolute atomic E-state index is 0.137. The third kappa shape index (κ3) is 2.04. The molecule has 0 radical (unpaired) electrons. The Hall–Kier alpha value is -2.17. The number of aliphatic carboxylic acids is 1. The van der Waals surface area contributed by atoms with Crippen molar-refractivity contribution in [2.75, 3.05) is 0 Å². The summed E-state index contributed by atoms with van der Waals surface area (Å²) in [4.78, 5) is 21.9. The van der Waals surface area contributed by atoms with E-state index in [9.17, 15) is 14.7 Å². The van der Waals surface area contributed by atoms with Crippen molar-refractivity contribution in [3.8, 4) is 0 Å². The van der Waals surface area contributed by atoms with Gasteiger partial charge in [-0.1, -0.05) is 6.07 Å². The number of carbonyl (C=O) groups excluding carboxylic acids is 2. The van der Waals surface area contributed by atoms with E-state index in [4.69, 9.17) is 0 Å². The molecule has 5 heteroatoms. The van der Waals surface area contributed by atoms with Gasteiger partial charge in [-0.05, 0) is 24.1 Å². The molecule has 0 N–H and O–H groups in total. The fourth-order valence-electron chi connectivity index (χ4n) is 1.96. The smallest absolute Gasteiger partial charge is 0.244 e. The van der Waals surface area contributed by atoms with E-state index in [1.807, 2.05) is 6.92 Å². The lowest BCUT2D eigenvalue weighted by Crippen LogP contribution is -2.24. The molecule has 88 valence electrons. The molecule has 0 bridgehead atoms. The van der Waals surface area contributed by atoms with Gasteiger partial charge in [-0.15, -0.1) is 0 Å². The van der Waals surface area contributed by atoms with E-state index < -0.39 is 5.97 Å². The van der Waals surface area contributed by atoms with Crippen LogP contribution in [0.4, 0.5) is 0 Å². The first-order valence-corrected chi connectivity index (χ1v) is 5.17. The summed E-state index contributed by atoms with van der Waals surface area (Å²) in [6.45, 7) is 3.25. The molecule has 0 aliphatic carbocycles. The minimum Gasteiger partial charge on any atom is -0.550 e. The predicted octanol–water partition coefficient (Wildman–Crippen LogP) is 0.297. The van der Waals surface area contributed by atoms with Crippen LogP contribution in [0.15, 0.2) is 18.3 Å². The predicted molar refractivity (Wildman–Crippen MR) is 59.5 cm³/mol. The topological polar surface area (TPSA) is 75.0 Å². The number of hydrogen-bond acceptors (Lipinski definition) is 4. The number of benzene rings is 1. The number of carbonyl (C=O) groups is 2. The van der Waals surface area contributed by atoms with Crippen LogP contribution >= 0.6 is 0 Å². The van der Waals surface area contributed by atoms with Crippen LogP contribution in [0.25, 0.3) is 10.9 Å². The van der Waals surface area contributed by atoms with Crippen molar-refractivity contribution in [2.24, 2.45) is 0 Å². The van der Waals surface area contributed by atoms with Gasteiger partial charge in [0.15, 0.2) is 0 Å². The summed E-state index contributed by atoms with van der Waals surface area (Å²) in [6, 6.07) is 3.45. The first-order valence-electron chi connectivity index (χ1n) is 5.17. The number of hydrogen-bond donors (Lipinski definition) is 0. The number of carboxylic acids is 1. The van der Waals surface area contributed by atoms with Crippen LogP contribution in [0.5, 0.6) is 0 Å². The summed E-state index contributed by atoms with van der Waals surface area (Å²) >= 11 is 0. The molecule has 1 aromatic heterocycles. The van der Waals surface area contributed by atoms with Gasteiger partial charge < -0.3 is 9.90 Å². The fourth-order valence-corrected chi connectivity index (χ4v) is 1.96. The van der Waals surface area contributed by atoms with E-state index >= 15 is 0 Å². The second-order valence-electron chi connectivity index (χ2n) is 3.97. The Morgan fingerprint density at radius 3 is 2.71 bits per heavy atom. The maximum absolute atomic E-state index is 11.3. The highest BCUT2D eigenvalue weighted by Gasteiger charge is 2.10. The van der Waals surface area contributed by atoms with E-state index in [2.05, 4.69) is 5.10 Å². The first-order chi connectivity index (χ1) is 7.99. The van der Waals surface area contributed by atoms with Crippen molar-refractivity contribution in [3.63, 3.8) is 0 Å². The van der Waals surface area contributed by atoms with Crippen molar-refractivity contribution >= 4 is 22.8 Å². The summed E-state index contributed by atoms with van der Waals surface area (Å²) < 4.78 is 1.31. The largest absolute Gasteiger partial charge is 0.550 e. The molecule has 0 amide bonds. The zero-order valence-electron chi connectivity index (χ0n) is 9.56. The lowest BCUT2D eigenvalue weighted by molar-refractivity contribution is -0.304. The van der Waals surface area contributed by atoms with Crippen LogP contribution in [0.3, 0.4) is 0 Å². The third-order valence-electron chi connectivity index (χ3n) is 2.56. The molecule has 2 aromatic rings. The van der Waals surface area contributed by atoms with Gasteiger partial charge in [0.05, 0.1) is 11.7 Å². The Kier molecular flexibility index (Phi) is 2.67. The first kappa shape index (κ1) is 11.3. The number of nitrogens with zero attached hydrogens (tertiary/aromatic N) is 2. The highest BCUT2D eigenvalue weighted by molar-refractivity contribution is 5.92. The molecule has 0 saturated heterocycles. The molecule has 0 aliphatic heterocycles. The van der Waals surface area contributed by atoms with Gasteiger partial charge >= 0.3 is 0 Å². The lowest BCUT2D eigenvalue weighted by atomic mass is 10.1. The molecule has 2 rings (SSSR count). The summed E-state index contributed by atoms with van der Waals surface area (Å²) in [5.41, 5.74) is 2.20. The van der Waals surface area contributed by atoms with Crippen LogP contribution in [0.1, 0.15) is 22.8 Å². The number of aryl methyl sites for hydroxylation is 1. The molecule has 0 saturated carbocycles. The maximum atomic E-state index is 11.3.